The fourth-order valence-electron chi connectivity index (χ4n) is 1.34. The number of nitrogens with zero attached hydrogens (tertiary/aromatic N) is 4. The number of hydrogen-bond acceptors (Lipinski definition) is 5. The van der Waals surface area contributed by atoms with Gasteiger partial charge in [0.15, 0.2) is 0 Å². The zero-order valence-electron chi connectivity index (χ0n) is 9.87. The molecule has 1 heterocycles. The van der Waals surface area contributed by atoms with E-state index in [-0.39, 0.29) is 0 Å². The van der Waals surface area contributed by atoms with Crippen molar-refractivity contribution in [2.24, 2.45) is 5.11 Å². The lowest BCUT2D eigenvalue weighted by Gasteiger charge is -2.10. The van der Waals surface area contributed by atoms with Gasteiger partial charge in [0.25, 0.3) is 0 Å². The van der Waals surface area contributed by atoms with Gasteiger partial charge in [-0.15, -0.1) is 11.3 Å². The first-order chi connectivity index (χ1) is 8.07. The van der Waals surface area contributed by atoms with E-state index >= 15 is 0 Å². The number of thiazole rings is 1. The van der Waals surface area contributed by atoms with Gasteiger partial charge in [0.2, 0.25) is 7.37 Å². The molecule has 8 heteroatoms. The Morgan fingerprint density at radius 1 is 1.71 bits per heavy atom. The summed E-state index contributed by atoms with van der Waals surface area (Å²) in [5, 5.41) is 6.22. The highest BCUT2D eigenvalue weighted by molar-refractivity contribution is 7.57. The van der Waals surface area contributed by atoms with Gasteiger partial charge >= 0.3 is 0 Å². The van der Waals surface area contributed by atoms with Gasteiger partial charge in [-0.3, -0.25) is 4.57 Å². The third-order valence-corrected chi connectivity index (χ3v) is 4.60. The highest BCUT2D eigenvalue weighted by atomic mass is 32.1. The molecule has 1 unspecified atom stereocenters. The van der Waals surface area contributed by atoms with Crippen LogP contribution in [0.3, 0.4) is 0 Å². The standard InChI is InChI=1S/C9H15N4O2PS/c1-3-15-16(2,14)6-8-7-17-9(12-8)4-5-11-13-10/h7H,3-6H2,1-2H3. The molecule has 0 bridgehead atoms. The van der Waals surface area contributed by atoms with Crippen LogP contribution < -0.4 is 0 Å². The number of azide groups is 1. The molecule has 0 radical (unpaired) electrons. The fourth-order valence-corrected chi connectivity index (χ4v) is 3.64. The van der Waals surface area contributed by atoms with Crippen LogP contribution >= 0.6 is 18.7 Å². The molecule has 1 atom stereocenters. The van der Waals surface area contributed by atoms with Crippen molar-refractivity contribution in [2.45, 2.75) is 19.5 Å². The van der Waals surface area contributed by atoms with Crippen molar-refractivity contribution in [1.29, 1.82) is 0 Å². The molecule has 0 saturated carbocycles. The molecule has 6 nitrogen and oxygen atoms in total. The van der Waals surface area contributed by atoms with Crippen molar-refractivity contribution in [3.63, 3.8) is 0 Å². The van der Waals surface area contributed by atoms with Crippen molar-refractivity contribution in [1.82, 2.24) is 4.98 Å². The summed E-state index contributed by atoms with van der Waals surface area (Å²) in [7, 11) is -2.57. The van der Waals surface area contributed by atoms with E-state index in [9.17, 15) is 4.57 Å². The number of hydrogen-bond donors (Lipinski definition) is 0. The minimum Gasteiger partial charge on any atom is -0.329 e. The Hall–Kier alpha value is -0.870. The monoisotopic (exact) mass is 274 g/mol. The SMILES string of the molecule is CCOP(C)(=O)Cc1csc(CCN=[N+]=[N-])n1. The van der Waals surface area contributed by atoms with Crippen LogP contribution in [0.5, 0.6) is 0 Å². The lowest BCUT2D eigenvalue weighted by molar-refractivity contribution is 0.336. The Kier molecular flexibility index (Phi) is 5.65. The van der Waals surface area contributed by atoms with E-state index in [1.165, 1.54) is 11.3 Å². The van der Waals surface area contributed by atoms with Gasteiger partial charge < -0.3 is 4.52 Å². The quantitative estimate of drug-likeness (QED) is 0.330. The van der Waals surface area contributed by atoms with Crippen LogP contribution in [0.4, 0.5) is 0 Å². The second-order valence-corrected chi connectivity index (χ2v) is 7.07. The van der Waals surface area contributed by atoms with E-state index in [4.69, 9.17) is 10.1 Å². The van der Waals surface area contributed by atoms with Crippen LogP contribution in [0.15, 0.2) is 10.5 Å². The average molecular weight is 274 g/mol. The van der Waals surface area contributed by atoms with Crippen molar-refractivity contribution >= 4 is 18.7 Å². The van der Waals surface area contributed by atoms with Crippen LogP contribution in [0.2, 0.25) is 0 Å². The maximum absolute atomic E-state index is 11.9. The summed E-state index contributed by atoms with van der Waals surface area (Å²) in [6, 6.07) is 0. The lowest BCUT2D eigenvalue weighted by Crippen LogP contribution is -1.94. The zero-order chi connectivity index (χ0) is 12.7. The van der Waals surface area contributed by atoms with Gasteiger partial charge in [-0.1, -0.05) is 5.11 Å². The Balaban J connectivity index is 2.56. The summed E-state index contributed by atoms with van der Waals surface area (Å²) in [4.78, 5) is 7.01. The molecule has 0 saturated heterocycles. The van der Waals surface area contributed by atoms with Gasteiger partial charge in [-0.25, -0.2) is 4.98 Å². The normalized spacial score (nSPS) is 14.0. The van der Waals surface area contributed by atoms with Crippen molar-refractivity contribution in [2.75, 3.05) is 19.8 Å². The smallest absolute Gasteiger partial charge is 0.206 e. The van der Waals surface area contributed by atoms with Crippen molar-refractivity contribution in [3.05, 3.63) is 26.5 Å². The minimum atomic E-state index is -2.57. The van der Waals surface area contributed by atoms with Gasteiger partial charge in [-0.2, -0.15) is 0 Å². The molecular weight excluding hydrogens is 259 g/mol. The predicted molar refractivity (Wildman–Crippen MR) is 68.7 cm³/mol. The Morgan fingerprint density at radius 2 is 2.47 bits per heavy atom. The van der Waals surface area contributed by atoms with E-state index in [0.717, 1.165) is 10.7 Å². The maximum Gasteiger partial charge on any atom is 0.206 e. The fraction of sp³-hybridized carbons (Fsp3) is 0.667. The molecule has 0 aromatic carbocycles. The molecule has 0 fully saturated rings. The summed E-state index contributed by atoms with van der Waals surface area (Å²) < 4.78 is 17.1. The molecule has 0 spiro atoms. The van der Waals surface area contributed by atoms with E-state index in [2.05, 4.69) is 15.0 Å². The van der Waals surface area contributed by atoms with Gasteiger partial charge in [0.1, 0.15) is 0 Å². The Labute approximate surface area is 104 Å². The van der Waals surface area contributed by atoms with Crippen LogP contribution in [0, 0.1) is 0 Å². The minimum absolute atomic E-state index is 0.360. The summed E-state index contributed by atoms with van der Waals surface area (Å²) in [5.74, 6) is 0. The molecule has 0 aliphatic rings. The Bertz CT molecular complexity index is 456. The third kappa shape index (κ3) is 5.33. The highest BCUT2D eigenvalue weighted by Crippen LogP contribution is 2.45. The summed E-state index contributed by atoms with van der Waals surface area (Å²) >= 11 is 1.49. The molecule has 0 aliphatic carbocycles. The summed E-state index contributed by atoms with van der Waals surface area (Å²) in [6.45, 7) is 4.29. The topological polar surface area (TPSA) is 88.0 Å². The predicted octanol–water partition coefficient (Wildman–Crippen LogP) is 3.44. The van der Waals surface area contributed by atoms with Crippen LogP contribution in [-0.2, 0) is 21.7 Å². The molecule has 1 rings (SSSR count). The van der Waals surface area contributed by atoms with Crippen LogP contribution in [0.1, 0.15) is 17.6 Å². The summed E-state index contributed by atoms with van der Waals surface area (Å²) in [5.41, 5.74) is 8.93. The van der Waals surface area contributed by atoms with E-state index in [1.54, 1.807) is 6.66 Å². The molecular formula is C9H15N4O2PS. The number of rotatable bonds is 7. The maximum atomic E-state index is 11.9. The molecule has 1 aromatic rings. The van der Waals surface area contributed by atoms with E-state index in [1.807, 2.05) is 12.3 Å². The van der Waals surface area contributed by atoms with Crippen molar-refractivity contribution in [3.8, 4) is 0 Å². The number of aromatic nitrogens is 1. The average Bonchev–Trinajstić information content (AvgIpc) is 2.65. The van der Waals surface area contributed by atoms with E-state index in [0.29, 0.717) is 25.7 Å². The lowest BCUT2D eigenvalue weighted by atomic mass is 10.4. The third-order valence-electron chi connectivity index (χ3n) is 1.94. The Morgan fingerprint density at radius 3 is 3.12 bits per heavy atom. The first-order valence-electron chi connectivity index (χ1n) is 5.22. The first-order valence-corrected chi connectivity index (χ1v) is 8.36. The van der Waals surface area contributed by atoms with E-state index < -0.39 is 7.37 Å². The molecule has 0 aliphatic heterocycles. The molecule has 17 heavy (non-hydrogen) atoms. The van der Waals surface area contributed by atoms with Crippen molar-refractivity contribution < 1.29 is 9.09 Å². The molecule has 0 N–H and O–H groups in total. The van der Waals surface area contributed by atoms with Crippen LogP contribution in [-0.4, -0.2) is 24.8 Å². The summed E-state index contributed by atoms with van der Waals surface area (Å²) in [6.07, 6.45) is 0.982. The van der Waals surface area contributed by atoms with Crippen LogP contribution in [0.25, 0.3) is 10.4 Å². The van der Waals surface area contributed by atoms with Gasteiger partial charge in [-0.05, 0) is 12.5 Å². The molecule has 0 amide bonds. The second-order valence-electron chi connectivity index (χ2n) is 3.53. The zero-order valence-corrected chi connectivity index (χ0v) is 11.6. The highest BCUT2D eigenvalue weighted by Gasteiger charge is 2.17. The molecule has 1 aromatic heterocycles. The largest absolute Gasteiger partial charge is 0.329 e. The molecule has 94 valence electrons. The van der Waals surface area contributed by atoms with Gasteiger partial charge in [0, 0.05) is 29.9 Å². The second kappa shape index (κ2) is 6.77. The first kappa shape index (κ1) is 14.2. The van der Waals surface area contributed by atoms with Gasteiger partial charge in [0.05, 0.1) is 23.5 Å².